The minimum atomic E-state index is -0.498. The van der Waals surface area contributed by atoms with Gasteiger partial charge in [0.2, 0.25) is 0 Å². The molecule has 0 atom stereocenters. The molecule has 0 unspecified atom stereocenters. The van der Waals surface area contributed by atoms with E-state index in [1.54, 1.807) is 6.07 Å². The number of ether oxygens (including phenoxy) is 1. The second-order valence-electron chi connectivity index (χ2n) is 8.85. The number of anilines is 1. The molecule has 5 nitrogen and oxygen atoms in total. The summed E-state index contributed by atoms with van der Waals surface area (Å²) < 4.78 is 4.66. The van der Waals surface area contributed by atoms with Gasteiger partial charge in [-0.05, 0) is 24.6 Å². The van der Waals surface area contributed by atoms with Gasteiger partial charge in [-0.25, -0.2) is 4.79 Å². The smallest absolute Gasteiger partial charge is 0.339 e. The average molecular weight is 447 g/mol. The van der Waals surface area contributed by atoms with Gasteiger partial charge in [-0.1, -0.05) is 103 Å². The molecule has 1 aromatic rings. The van der Waals surface area contributed by atoms with E-state index >= 15 is 0 Å². The molecule has 0 saturated heterocycles. The molecule has 1 amide bonds. The number of amides is 1. The zero-order chi connectivity index (χ0) is 23.4. The monoisotopic (exact) mass is 446 g/mol. The summed E-state index contributed by atoms with van der Waals surface area (Å²) in [7, 11) is 1.31. The van der Waals surface area contributed by atoms with Crippen LogP contribution in [0.4, 0.5) is 5.69 Å². The number of methoxy groups -OCH3 is 1. The number of hydrogen-bond acceptors (Lipinski definition) is 4. The Kier molecular flexibility index (Phi) is 16.2. The number of carbonyl (C=O) groups excluding carboxylic acids is 2. The van der Waals surface area contributed by atoms with Crippen LogP contribution in [0, 0.1) is 0 Å². The predicted molar refractivity (Wildman–Crippen MR) is 134 cm³/mol. The van der Waals surface area contributed by atoms with Crippen molar-refractivity contribution >= 4 is 17.6 Å². The molecule has 3 N–H and O–H groups in total. The largest absolute Gasteiger partial charge is 0.465 e. The van der Waals surface area contributed by atoms with Crippen LogP contribution in [0.3, 0.4) is 0 Å². The number of nitrogens with two attached hydrogens (primary N) is 1. The number of nitrogen functional groups attached to an aromatic ring is 1. The van der Waals surface area contributed by atoms with Crippen LogP contribution in [0.2, 0.25) is 0 Å². The molecule has 182 valence electrons. The van der Waals surface area contributed by atoms with Crippen molar-refractivity contribution < 1.29 is 14.3 Å². The molecule has 0 aliphatic rings. The highest BCUT2D eigenvalue weighted by molar-refractivity contribution is 5.99. The fourth-order valence-electron chi connectivity index (χ4n) is 3.98. The summed E-state index contributed by atoms with van der Waals surface area (Å²) in [6, 6.07) is 4.66. The van der Waals surface area contributed by atoms with Gasteiger partial charge in [0.05, 0.1) is 12.7 Å². The van der Waals surface area contributed by atoms with E-state index in [9.17, 15) is 9.59 Å². The van der Waals surface area contributed by atoms with Crippen LogP contribution in [0.1, 0.15) is 130 Å². The third kappa shape index (κ3) is 12.7. The highest BCUT2D eigenvalue weighted by Gasteiger charge is 2.13. The molecule has 0 bridgehead atoms. The van der Waals surface area contributed by atoms with Gasteiger partial charge in [0, 0.05) is 17.8 Å². The van der Waals surface area contributed by atoms with Gasteiger partial charge in [-0.3, -0.25) is 4.79 Å². The van der Waals surface area contributed by atoms with Crippen molar-refractivity contribution in [3.63, 3.8) is 0 Å². The van der Waals surface area contributed by atoms with E-state index in [-0.39, 0.29) is 17.2 Å². The van der Waals surface area contributed by atoms with Gasteiger partial charge >= 0.3 is 5.97 Å². The van der Waals surface area contributed by atoms with Crippen molar-refractivity contribution in [3.8, 4) is 0 Å². The van der Waals surface area contributed by atoms with E-state index in [1.165, 1.54) is 109 Å². The minimum Gasteiger partial charge on any atom is -0.465 e. The normalized spacial score (nSPS) is 10.8. The second-order valence-corrected chi connectivity index (χ2v) is 8.85. The van der Waals surface area contributed by atoms with Crippen molar-refractivity contribution in [1.82, 2.24) is 5.32 Å². The predicted octanol–water partition coefficient (Wildman–Crippen LogP) is 7.05. The number of esters is 1. The van der Waals surface area contributed by atoms with Crippen molar-refractivity contribution in [2.45, 2.75) is 110 Å². The standard InChI is InChI=1S/C27H46N2O3/c1-3-4-5-6-7-8-9-10-11-12-13-14-15-16-17-18-21-29-26(30)23-19-20-24(25(28)22-23)27(31)32-2/h19-20,22H,3-18,21,28H2,1-2H3,(H,29,30). The summed E-state index contributed by atoms with van der Waals surface area (Å²) in [4.78, 5) is 23.8. The molecule has 5 heteroatoms. The molecule has 0 spiro atoms. The van der Waals surface area contributed by atoms with Gasteiger partial charge in [-0.15, -0.1) is 0 Å². The van der Waals surface area contributed by atoms with E-state index in [0.717, 1.165) is 12.8 Å². The molecule has 0 radical (unpaired) electrons. The lowest BCUT2D eigenvalue weighted by Crippen LogP contribution is -2.24. The molecular weight excluding hydrogens is 400 g/mol. The lowest BCUT2D eigenvalue weighted by atomic mass is 10.0. The Labute approximate surface area is 195 Å². The number of rotatable bonds is 19. The maximum Gasteiger partial charge on any atom is 0.339 e. The highest BCUT2D eigenvalue weighted by atomic mass is 16.5. The quantitative estimate of drug-likeness (QED) is 0.135. The first-order valence-electron chi connectivity index (χ1n) is 12.9. The van der Waals surface area contributed by atoms with E-state index in [2.05, 4.69) is 17.0 Å². The number of unbranched alkanes of at least 4 members (excludes halogenated alkanes) is 15. The number of benzene rings is 1. The zero-order valence-corrected chi connectivity index (χ0v) is 20.6. The molecule has 32 heavy (non-hydrogen) atoms. The first-order chi connectivity index (χ1) is 15.6. The second kappa shape index (κ2) is 18.5. The summed E-state index contributed by atoms with van der Waals surface area (Å²) in [6.45, 7) is 2.94. The van der Waals surface area contributed by atoms with Gasteiger partial charge in [-0.2, -0.15) is 0 Å². The average Bonchev–Trinajstić information content (AvgIpc) is 2.80. The van der Waals surface area contributed by atoms with Gasteiger partial charge < -0.3 is 15.8 Å². The Balaban J connectivity index is 1.94. The van der Waals surface area contributed by atoms with E-state index in [1.807, 2.05) is 0 Å². The van der Waals surface area contributed by atoms with Crippen molar-refractivity contribution in [1.29, 1.82) is 0 Å². The van der Waals surface area contributed by atoms with Crippen LogP contribution in [0.25, 0.3) is 0 Å². The Hall–Kier alpha value is -2.04. The molecule has 0 aromatic heterocycles. The van der Waals surface area contributed by atoms with Crippen LogP contribution in [0.5, 0.6) is 0 Å². The first-order valence-corrected chi connectivity index (χ1v) is 12.9. The van der Waals surface area contributed by atoms with Crippen molar-refractivity contribution in [2.24, 2.45) is 0 Å². The molecule has 0 saturated carbocycles. The van der Waals surface area contributed by atoms with Crippen LogP contribution >= 0.6 is 0 Å². The molecular formula is C27H46N2O3. The third-order valence-corrected chi connectivity index (χ3v) is 6.03. The summed E-state index contributed by atoms with van der Waals surface area (Å²) in [5, 5.41) is 2.93. The number of hydrogen-bond donors (Lipinski definition) is 2. The van der Waals surface area contributed by atoms with E-state index in [4.69, 9.17) is 5.73 Å². The summed E-state index contributed by atoms with van der Waals surface area (Å²) in [5.74, 6) is -0.656. The fraction of sp³-hybridized carbons (Fsp3) is 0.704. The van der Waals surface area contributed by atoms with E-state index in [0.29, 0.717) is 12.1 Å². The maximum absolute atomic E-state index is 12.2. The SMILES string of the molecule is CCCCCCCCCCCCCCCCCCNC(=O)c1ccc(C(=O)OC)c(N)c1. The maximum atomic E-state index is 12.2. The highest BCUT2D eigenvalue weighted by Crippen LogP contribution is 2.16. The van der Waals surface area contributed by atoms with E-state index < -0.39 is 5.97 Å². The van der Waals surface area contributed by atoms with Crippen molar-refractivity contribution in [3.05, 3.63) is 29.3 Å². The summed E-state index contributed by atoms with van der Waals surface area (Å²) >= 11 is 0. The zero-order valence-electron chi connectivity index (χ0n) is 20.6. The molecule has 0 heterocycles. The number of nitrogens with one attached hydrogen (secondary N) is 1. The van der Waals surface area contributed by atoms with Crippen molar-refractivity contribution in [2.75, 3.05) is 19.4 Å². The molecule has 0 fully saturated rings. The molecule has 1 aromatic carbocycles. The Morgan fingerprint density at radius 3 is 1.69 bits per heavy atom. The first kappa shape index (κ1) is 28.0. The molecule has 0 aliphatic heterocycles. The Morgan fingerprint density at radius 1 is 0.781 bits per heavy atom. The summed E-state index contributed by atoms with van der Waals surface area (Å²) in [6.07, 6.45) is 21.4. The molecule has 1 rings (SSSR count). The topological polar surface area (TPSA) is 81.4 Å². The van der Waals surface area contributed by atoms with Gasteiger partial charge in [0.1, 0.15) is 0 Å². The Morgan fingerprint density at radius 2 is 1.25 bits per heavy atom. The van der Waals surface area contributed by atoms with Crippen LogP contribution < -0.4 is 11.1 Å². The Bertz CT molecular complexity index is 646. The lowest BCUT2D eigenvalue weighted by molar-refractivity contribution is 0.0601. The van der Waals surface area contributed by atoms with Gasteiger partial charge in [0.25, 0.3) is 5.91 Å². The fourth-order valence-corrected chi connectivity index (χ4v) is 3.98. The minimum absolute atomic E-state index is 0.158. The third-order valence-electron chi connectivity index (χ3n) is 6.03. The van der Waals surface area contributed by atoms with Crippen LogP contribution in [0.15, 0.2) is 18.2 Å². The van der Waals surface area contributed by atoms with Crippen LogP contribution in [-0.4, -0.2) is 25.5 Å². The molecule has 0 aliphatic carbocycles. The summed E-state index contributed by atoms with van der Waals surface area (Å²) in [5.41, 5.74) is 6.85. The van der Waals surface area contributed by atoms with Gasteiger partial charge in [0.15, 0.2) is 0 Å². The number of carbonyl (C=O) groups is 2. The lowest BCUT2D eigenvalue weighted by Gasteiger charge is -2.08. The van der Waals surface area contributed by atoms with Crippen LogP contribution in [-0.2, 0) is 4.74 Å².